The monoisotopic (exact) mass is 382 g/mol. The summed E-state index contributed by atoms with van der Waals surface area (Å²) >= 11 is 8.80. The topological polar surface area (TPSA) is 50.8 Å². The van der Waals surface area contributed by atoms with E-state index in [9.17, 15) is 4.79 Å². The Balaban J connectivity index is 1.98. The Morgan fingerprint density at radius 3 is 3.05 bits per heavy atom. The van der Waals surface area contributed by atoms with Gasteiger partial charge in [0.1, 0.15) is 18.0 Å². The highest BCUT2D eigenvalue weighted by atomic mass is 79.9. The van der Waals surface area contributed by atoms with Crippen LogP contribution in [0.25, 0.3) is 0 Å². The zero-order valence-corrected chi connectivity index (χ0v) is 14.4. The van der Waals surface area contributed by atoms with Crippen molar-refractivity contribution in [2.45, 2.75) is 30.6 Å². The first-order chi connectivity index (χ1) is 10.5. The fraction of sp³-hybridized carbons (Fsp3) is 0.467. The Labute approximate surface area is 142 Å². The van der Waals surface area contributed by atoms with Gasteiger partial charge in [0.25, 0.3) is 5.91 Å². The Morgan fingerprint density at radius 2 is 2.32 bits per heavy atom. The molecule has 22 heavy (non-hydrogen) atoms. The third-order valence-corrected chi connectivity index (χ3v) is 5.58. The molecule has 0 unspecified atom stereocenters. The predicted octanol–water partition coefficient (Wildman–Crippen LogP) is 1.93. The number of thiocarbonyl (C=S) groups is 1. The van der Waals surface area contributed by atoms with Gasteiger partial charge in [-0.2, -0.15) is 0 Å². The molecule has 3 heterocycles. The molecule has 5 nitrogen and oxygen atoms in total. The molecule has 3 aliphatic rings. The van der Waals surface area contributed by atoms with Crippen LogP contribution >= 0.6 is 28.1 Å². The summed E-state index contributed by atoms with van der Waals surface area (Å²) in [5, 5.41) is 3.21. The van der Waals surface area contributed by atoms with Crippen molar-refractivity contribution in [3.05, 3.63) is 28.2 Å². The minimum atomic E-state index is -0.959. The summed E-state index contributed by atoms with van der Waals surface area (Å²) in [6.45, 7) is 0.628. The number of nitrogens with one attached hydrogen (secondary N) is 1. The lowest BCUT2D eigenvalue weighted by molar-refractivity contribution is -0.160. The van der Waals surface area contributed by atoms with Crippen LogP contribution in [-0.2, 0) is 15.1 Å². The van der Waals surface area contributed by atoms with Crippen molar-refractivity contribution in [2.24, 2.45) is 0 Å². The molecule has 1 N–H and O–H groups in total. The average Bonchev–Trinajstić information content (AvgIpc) is 2.73. The molecule has 116 valence electrons. The highest BCUT2D eigenvalue weighted by molar-refractivity contribution is 9.10. The average molecular weight is 383 g/mol. The second-order valence-electron chi connectivity index (χ2n) is 5.82. The van der Waals surface area contributed by atoms with Crippen molar-refractivity contribution < 1.29 is 14.3 Å². The van der Waals surface area contributed by atoms with Crippen LogP contribution in [0, 0.1) is 0 Å². The zero-order valence-electron chi connectivity index (χ0n) is 12.0. The van der Waals surface area contributed by atoms with E-state index in [2.05, 4.69) is 21.2 Å². The van der Waals surface area contributed by atoms with Crippen LogP contribution in [0.4, 0.5) is 0 Å². The lowest BCUT2D eigenvalue weighted by Gasteiger charge is -2.49. The van der Waals surface area contributed by atoms with E-state index in [-0.39, 0.29) is 18.1 Å². The molecule has 4 rings (SSSR count). The Hall–Kier alpha value is -1.18. The number of fused-ring (bicyclic) bond motifs is 4. The molecule has 0 aliphatic carbocycles. The summed E-state index contributed by atoms with van der Waals surface area (Å²) < 4.78 is 13.0. The first-order valence-corrected chi connectivity index (χ1v) is 8.43. The summed E-state index contributed by atoms with van der Waals surface area (Å²) in [6.07, 6.45) is 1.29. The lowest BCUT2D eigenvalue weighted by Crippen LogP contribution is -2.63. The van der Waals surface area contributed by atoms with E-state index >= 15 is 0 Å². The third-order valence-electron chi connectivity index (χ3n) is 4.71. The van der Waals surface area contributed by atoms with E-state index in [1.54, 1.807) is 0 Å². The molecule has 1 aromatic carbocycles. The normalized spacial score (nSPS) is 33.3. The number of carbonyl (C=O) groups is 1. The molecule has 2 saturated heterocycles. The van der Waals surface area contributed by atoms with Gasteiger partial charge in [-0.1, -0.05) is 15.9 Å². The molecule has 0 aromatic heterocycles. The summed E-state index contributed by atoms with van der Waals surface area (Å²) in [7, 11) is 1.84. The molecule has 7 heteroatoms. The number of hydrogen-bond donors (Lipinski definition) is 1. The van der Waals surface area contributed by atoms with Crippen molar-refractivity contribution in [3.8, 4) is 5.75 Å². The van der Waals surface area contributed by atoms with Crippen LogP contribution < -0.4 is 10.1 Å². The Kier molecular flexibility index (Phi) is 3.22. The summed E-state index contributed by atoms with van der Waals surface area (Å²) in [5.74, 6) is 0.584. The van der Waals surface area contributed by atoms with Crippen molar-refractivity contribution in [1.29, 1.82) is 0 Å². The van der Waals surface area contributed by atoms with Gasteiger partial charge in [0.15, 0.2) is 10.7 Å². The fourth-order valence-electron chi connectivity index (χ4n) is 3.69. The van der Waals surface area contributed by atoms with Gasteiger partial charge in [-0.15, -0.1) is 0 Å². The van der Waals surface area contributed by atoms with Gasteiger partial charge >= 0.3 is 0 Å². The number of ether oxygens (including phenoxy) is 2. The second kappa shape index (κ2) is 4.91. The van der Waals surface area contributed by atoms with Gasteiger partial charge < -0.3 is 19.7 Å². The van der Waals surface area contributed by atoms with Crippen molar-refractivity contribution in [3.63, 3.8) is 0 Å². The Morgan fingerprint density at radius 1 is 1.50 bits per heavy atom. The lowest BCUT2D eigenvalue weighted by atomic mass is 9.76. The van der Waals surface area contributed by atoms with Crippen molar-refractivity contribution in [1.82, 2.24) is 10.2 Å². The fourth-order valence-corrected chi connectivity index (χ4v) is 4.29. The maximum Gasteiger partial charge on any atom is 0.259 e. The summed E-state index contributed by atoms with van der Waals surface area (Å²) in [4.78, 5) is 14.7. The van der Waals surface area contributed by atoms with Crippen LogP contribution in [0.3, 0.4) is 0 Å². The van der Waals surface area contributed by atoms with Crippen LogP contribution in [0.5, 0.6) is 5.75 Å². The van der Waals surface area contributed by atoms with Gasteiger partial charge in [-0.25, -0.2) is 0 Å². The minimum absolute atomic E-state index is 0.139. The smallest absolute Gasteiger partial charge is 0.259 e. The number of hydrogen-bond acceptors (Lipinski definition) is 4. The van der Waals surface area contributed by atoms with Gasteiger partial charge in [-0.3, -0.25) is 4.79 Å². The molecule has 0 bridgehead atoms. The zero-order chi connectivity index (χ0) is 15.5. The summed E-state index contributed by atoms with van der Waals surface area (Å²) in [5.41, 5.74) is -0.163. The maximum atomic E-state index is 12.9. The van der Waals surface area contributed by atoms with Crippen LogP contribution in [0.1, 0.15) is 18.4 Å². The molecule has 0 saturated carbocycles. The molecule has 1 aromatic rings. The van der Waals surface area contributed by atoms with E-state index in [0.717, 1.165) is 28.6 Å². The molecule has 0 radical (unpaired) electrons. The van der Waals surface area contributed by atoms with Gasteiger partial charge in [0, 0.05) is 23.7 Å². The van der Waals surface area contributed by atoms with E-state index < -0.39 is 5.54 Å². The predicted molar refractivity (Wildman–Crippen MR) is 87.7 cm³/mol. The number of amides is 1. The molecule has 3 aliphatic heterocycles. The third kappa shape index (κ3) is 1.73. The first kappa shape index (κ1) is 14.4. The molecule has 1 amide bonds. The molecule has 2 fully saturated rings. The summed E-state index contributed by atoms with van der Waals surface area (Å²) in [6, 6.07) is 5.74. The standard InChI is InChI=1S/C15H15BrN2O3S/c1-18-14(22)17-13(19)15(18)9-7-8(16)4-5-10(9)21-11-3-2-6-20-12(11)15/h4-5,7,11-12H,2-3,6H2,1H3,(H,17,19,22)/t11-,12-,15-/m0/s1. The van der Waals surface area contributed by atoms with Gasteiger partial charge in [-0.05, 0) is 43.3 Å². The quantitative estimate of drug-likeness (QED) is 0.694. The van der Waals surface area contributed by atoms with E-state index in [1.807, 2.05) is 30.1 Å². The number of halogens is 1. The highest BCUT2D eigenvalue weighted by Crippen LogP contribution is 2.49. The molecular weight excluding hydrogens is 368 g/mol. The second-order valence-corrected chi connectivity index (χ2v) is 7.12. The van der Waals surface area contributed by atoms with Crippen molar-refractivity contribution in [2.75, 3.05) is 13.7 Å². The maximum absolute atomic E-state index is 12.9. The van der Waals surface area contributed by atoms with E-state index in [1.165, 1.54) is 0 Å². The SMILES string of the molecule is CN1C(=S)NC(=O)[C@@]12c1cc(Br)ccc1O[C@H]1CCCO[C@@H]12. The minimum Gasteiger partial charge on any atom is -0.487 e. The number of likely N-dealkylation sites (N-methyl/N-ethyl adjacent to an activating group) is 1. The Bertz CT molecular complexity index is 683. The van der Waals surface area contributed by atoms with E-state index in [4.69, 9.17) is 21.7 Å². The molecule has 1 spiro atoms. The van der Waals surface area contributed by atoms with Crippen LogP contribution in [0.15, 0.2) is 22.7 Å². The molecular formula is C15H15BrN2O3S. The molecule has 3 atom stereocenters. The first-order valence-electron chi connectivity index (χ1n) is 7.22. The van der Waals surface area contributed by atoms with Gasteiger partial charge in [0.2, 0.25) is 0 Å². The highest BCUT2D eigenvalue weighted by Gasteiger charge is 2.63. The number of rotatable bonds is 0. The van der Waals surface area contributed by atoms with Gasteiger partial charge in [0.05, 0.1) is 0 Å². The number of benzene rings is 1. The van der Waals surface area contributed by atoms with Crippen LogP contribution in [0.2, 0.25) is 0 Å². The number of carbonyl (C=O) groups excluding carboxylic acids is 1. The number of nitrogens with zero attached hydrogens (tertiary/aromatic N) is 1. The van der Waals surface area contributed by atoms with Crippen molar-refractivity contribution >= 4 is 39.2 Å². The largest absolute Gasteiger partial charge is 0.487 e. The van der Waals surface area contributed by atoms with E-state index in [0.29, 0.717) is 11.7 Å². The van der Waals surface area contributed by atoms with Crippen LogP contribution in [-0.4, -0.2) is 41.8 Å².